The molecule has 0 amide bonds. The molecule has 2 unspecified atom stereocenters. The van der Waals surface area contributed by atoms with Crippen molar-refractivity contribution in [3.05, 3.63) is 52.5 Å². The van der Waals surface area contributed by atoms with Crippen LogP contribution in [0.25, 0.3) is 11.1 Å². The van der Waals surface area contributed by atoms with E-state index in [4.69, 9.17) is 21.1 Å². The fourth-order valence-corrected chi connectivity index (χ4v) is 3.58. The van der Waals surface area contributed by atoms with Gasteiger partial charge in [-0.3, -0.25) is 4.79 Å². The Bertz CT molecular complexity index is 907. The smallest absolute Gasteiger partial charge is 0.422 e. The van der Waals surface area contributed by atoms with E-state index in [1.165, 1.54) is 0 Å². The van der Waals surface area contributed by atoms with E-state index in [2.05, 4.69) is 13.8 Å². The molecule has 162 valence electrons. The van der Waals surface area contributed by atoms with Gasteiger partial charge in [-0.15, -0.1) is 0 Å². The number of hydrogen-bond acceptors (Lipinski definition) is 3. The third-order valence-electron chi connectivity index (χ3n) is 5.07. The summed E-state index contributed by atoms with van der Waals surface area (Å²) in [5, 5.41) is 0.104. The predicted molar refractivity (Wildman–Crippen MR) is 110 cm³/mol. The molecule has 0 heterocycles. The van der Waals surface area contributed by atoms with Gasteiger partial charge in [0.1, 0.15) is 11.9 Å². The van der Waals surface area contributed by atoms with Crippen LogP contribution < -0.4 is 4.74 Å². The predicted octanol–water partition coefficient (Wildman–Crippen LogP) is 6.88. The first-order chi connectivity index (χ1) is 14.1. The maximum atomic E-state index is 12.8. The Morgan fingerprint density at radius 1 is 1.20 bits per heavy atom. The minimum atomic E-state index is -4.48. The molecule has 3 nitrogen and oxygen atoms in total. The van der Waals surface area contributed by atoms with Crippen LogP contribution in [0.2, 0.25) is 5.02 Å². The van der Waals surface area contributed by atoms with Crippen LogP contribution in [0.5, 0.6) is 5.75 Å². The van der Waals surface area contributed by atoms with Crippen molar-refractivity contribution >= 4 is 17.6 Å². The summed E-state index contributed by atoms with van der Waals surface area (Å²) in [5.74, 6) is 0.0276. The van der Waals surface area contributed by atoms with Crippen molar-refractivity contribution in [1.82, 2.24) is 0 Å². The van der Waals surface area contributed by atoms with Gasteiger partial charge in [-0.1, -0.05) is 56.6 Å². The van der Waals surface area contributed by atoms with Crippen LogP contribution in [0.1, 0.15) is 56.6 Å². The lowest BCUT2D eigenvalue weighted by atomic mass is 9.96. The van der Waals surface area contributed by atoms with E-state index in [1.54, 1.807) is 19.1 Å². The number of rotatable bonds is 7. The average Bonchev–Trinajstić information content (AvgIpc) is 3.44. The van der Waals surface area contributed by atoms with Gasteiger partial charge in [0.05, 0.1) is 5.02 Å². The van der Waals surface area contributed by atoms with Crippen LogP contribution in [0.15, 0.2) is 36.4 Å². The summed E-state index contributed by atoms with van der Waals surface area (Å²) in [6, 6.07) is 11.0. The summed E-state index contributed by atoms with van der Waals surface area (Å²) < 4.78 is 48.7. The van der Waals surface area contributed by atoms with Crippen LogP contribution in [0.4, 0.5) is 13.2 Å². The molecule has 0 aromatic heterocycles. The molecule has 30 heavy (non-hydrogen) atoms. The lowest BCUT2D eigenvalue weighted by Crippen LogP contribution is -2.19. The Morgan fingerprint density at radius 2 is 1.87 bits per heavy atom. The SMILES string of the molecule is CCC(=O)OC1CC1c1cc(Cl)c(OCC(F)(F)F)c(-c2ccc(C(C)C)cc2)c1. The molecule has 1 fully saturated rings. The molecule has 0 saturated heterocycles. The number of esters is 1. The molecule has 0 bridgehead atoms. The minimum Gasteiger partial charge on any atom is -0.482 e. The normalized spacial score (nSPS) is 18.4. The molecule has 3 rings (SSSR count). The van der Waals surface area contributed by atoms with E-state index in [-0.39, 0.29) is 28.8 Å². The van der Waals surface area contributed by atoms with Crippen LogP contribution in [0, 0.1) is 0 Å². The van der Waals surface area contributed by atoms with Gasteiger partial charge in [-0.05, 0) is 41.2 Å². The summed E-state index contributed by atoms with van der Waals surface area (Å²) >= 11 is 6.35. The molecular weight excluding hydrogens is 417 g/mol. The van der Waals surface area contributed by atoms with Crippen LogP contribution in [-0.4, -0.2) is 24.9 Å². The highest BCUT2D eigenvalue weighted by atomic mass is 35.5. The summed E-state index contributed by atoms with van der Waals surface area (Å²) in [4.78, 5) is 11.5. The fourth-order valence-electron chi connectivity index (χ4n) is 3.30. The third kappa shape index (κ3) is 5.48. The number of benzene rings is 2. The number of alkyl halides is 3. The standard InChI is InChI=1S/C23H24ClF3O3/c1-4-21(28)30-20-11-17(20)16-9-18(15-7-5-14(6-8-15)13(2)3)22(19(24)10-16)29-12-23(25,26)27/h5-10,13,17,20H,4,11-12H2,1-3H3. The molecule has 2 aromatic carbocycles. The van der Waals surface area contributed by atoms with E-state index in [9.17, 15) is 18.0 Å². The zero-order chi connectivity index (χ0) is 22.1. The number of halogens is 4. The van der Waals surface area contributed by atoms with Crippen LogP contribution in [-0.2, 0) is 9.53 Å². The second kappa shape index (κ2) is 8.88. The van der Waals surface area contributed by atoms with E-state index in [1.807, 2.05) is 24.3 Å². The molecular formula is C23H24ClF3O3. The second-order valence-corrected chi connectivity index (χ2v) is 8.19. The number of carbonyl (C=O) groups excluding carboxylic acids is 1. The van der Waals surface area contributed by atoms with Crippen molar-refractivity contribution < 1.29 is 27.4 Å². The Hall–Kier alpha value is -2.21. The van der Waals surface area contributed by atoms with Gasteiger partial charge in [0.25, 0.3) is 0 Å². The highest BCUT2D eigenvalue weighted by Gasteiger charge is 2.42. The summed E-state index contributed by atoms with van der Waals surface area (Å²) in [6.07, 6.45) is -3.75. The number of carbonyl (C=O) groups is 1. The van der Waals surface area contributed by atoms with Crippen molar-refractivity contribution in [3.63, 3.8) is 0 Å². The topological polar surface area (TPSA) is 35.5 Å². The monoisotopic (exact) mass is 440 g/mol. The van der Waals surface area contributed by atoms with Gasteiger partial charge in [0, 0.05) is 17.9 Å². The fraction of sp³-hybridized carbons (Fsp3) is 0.435. The zero-order valence-electron chi connectivity index (χ0n) is 17.1. The quantitative estimate of drug-likeness (QED) is 0.440. The van der Waals surface area contributed by atoms with Gasteiger partial charge in [0.15, 0.2) is 6.61 Å². The van der Waals surface area contributed by atoms with Crippen molar-refractivity contribution in [1.29, 1.82) is 0 Å². The maximum absolute atomic E-state index is 12.8. The third-order valence-corrected chi connectivity index (χ3v) is 5.35. The Morgan fingerprint density at radius 3 is 2.43 bits per heavy atom. The van der Waals surface area contributed by atoms with E-state index in [0.29, 0.717) is 29.9 Å². The molecule has 2 atom stereocenters. The van der Waals surface area contributed by atoms with E-state index >= 15 is 0 Å². The first kappa shape index (κ1) is 22.5. The van der Waals surface area contributed by atoms with Crippen molar-refractivity contribution in [3.8, 4) is 16.9 Å². The molecule has 1 aliphatic carbocycles. The van der Waals surface area contributed by atoms with Gasteiger partial charge < -0.3 is 9.47 Å². The van der Waals surface area contributed by atoms with Crippen LogP contribution >= 0.6 is 11.6 Å². The summed E-state index contributed by atoms with van der Waals surface area (Å²) in [7, 11) is 0. The van der Waals surface area contributed by atoms with Crippen molar-refractivity contribution in [2.75, 3.05) is 6.61 Å². The molecule has 2 aromatic rings. The lowest BCUT2D eigenvalue weighted by molar-refractivity contribution is -0.153. The minimum absolute atomic E-state index is 0.00204. The van der Waals surface area contributed by atoms with E-state index < -0.39 is 12.8 Å². The second-order valence-electron chi connectivity index (χ2n) is 7.78. The molecule has 1 aliphatic rings. The first-order valence-electron chi connectivity index (χ1n) is 9.91. The molecule has 0 radical (unpaired) electrons. The Labute approximate surface area is 179 Å². The van der Waals surface area contributed by atoms with Gasteiger partial charge in [0.2, 0.25) is 0 Å². The molecule has 0 spiro atoms. The molecule has 7 heteroatoms. The maximum Gasteiger partial charge on any atom is 0.422 e. The van der Waals surface area contributed by atoms with Gasteiger partial charge >= 0.3 is 12.1 Å². The Balaban J connectivity index is 1.95. The first-order valence-corrected chi connectivity index (χ1v) is 10.3. The van der Waals surface area contributed by atoms with Gasteiger partial charge in [-0.25, -0.2) is 0 Å². The van der Waals surface area contributed by atoms with Gasteiger partial charge in [-0.2, -0.15) is 13.2 Å². The average molecular weight is 441 g/mol. The summed E-state index contributed by atoms with van der Waals surface area (Å²) in [6.45, 7) is 4.43. The Kier molecular flexibility index (Phi) is 6.65. The van der Waals surface area contributed by atoms with Crippen molar-refractivity contribution in [2.45, 2.75) is 57.7 Å². The van der Waals surface area contributed by atoms with E-state index in [0.717, 1.165) is 11.1 Å². The van der Waals surface area contributed by atoms with Crippen molar-refractivity contribution in [2.24, 2.45) is 0 Å². The highest BCUT2D eigenvalue weighted by Crippen LogP contribution is 2.48. The summed E-state index contributed by atoms with van der Waals surface area (Å²) in [5.41, 5.74) is 3.14. The lowest BCUT2D eigenvalue weighted by Gasteiger charge is -2.17. The number of hydrogen-bond donors (Lipinski definition) is 0. The largest absolute Gasteiger partial charge is 0.482 e. The van der Waals surface area contributed by atoms with Crippen LogP contribution in [0.3, 0.4) is 0 Å². The highest BCUT2D eigenvalue weighted by molar-refractivity contribution is 6.32. The zero-order valence-corrected chi connectivity index (χ0v) is 17.8. The molecule has 0 N–H and O–H groups in total. The number of ether oxygens (including phenoxy) is 2. The molecule has 0 aliphatic heterocycles. The molecule has 1 saturated carbocycles.